The van der Waals surface area contributed by atoms with Crippen LogP contribution in [0, 0.1) is 6.92 Å². The van der Waals surface area contributed by atoms with Gasteiger partial charge < -0.3 is 5.73 Å². The molecular formula is C13H19N5. The highest BCUT2D eigenvalue weighted by atomic mass is 15.5. The zero-order valence-corrected chi connectivity index (χ0v) is 10.9. The summed E-state index contributed by atoms with van der Waals surface area (Å²) in [6.07, 6.45) is 3.47. The number of rotatable bonds is 5. The second-order valence-electron chi connectivity index (χ2n) is 4.51. The molecule has 0 saturated carbocycles. The van der Waals surface area contributed by atoms with E-state index in [0.717, 1.165) is 35.6 Å². The van der Waals surface area contributed by atoms with Crippen LogP contribution in [0.25, 0.3) is 11.4 Å². The molecule has 0 aliphatic rings. The largest absolute Gasteiger partial charge is 0.399 e. The minimum atomic E-state index is 0.735. The molecule has 0 fully saturated rings. The molecule has 0 unspecified atom stereocenters. The van der Waals surface area contributed by atoms with E-state index in [1.165, 1.54) is 12.8 Å². The summed E-state index contributed by atoms with van der Waals surface area (Å²) in [5.74, 6) is 0.802. The Labute approximate surface area is 107 Å². The maximum absolute atomic E-state index is 5.83. The molecule has 5 heteroatoms. The van der Waals surface area contributed by atoms with Gasteiger partial charge in [0.25, 0.3) is 0 Å². The van der Waals surface area contributed by atoms with Gasteiger partial charge in [-0.05, 0) is 41.5 Å². The summed E-state index contributed by atoms with van der Waals surface area (Å²) in [5, 5.41) is 11.9. The minimum absolute atomic E-state index is 0.735. The molecule has 1 heterocycles. The van der Waals surface area contributed by atoms with Crippen molar-refractivity contribution < 1.29 is 0 Å². The Hall–Kier alpha value is -1.91. The maximum Gasteiger partial charge on any atom is 0.182 e. The second kappa shape index (κ2) is 5.62. The van der Waals surface area contributed by atoms with Crippen LogP contribution >= 0.6 is 0 Å². The average molecular weight is 245 g/mol. The Kier molecular flexibility index (Phi) is 3.92. The number of aryl methyl sites for hydroxylation is 2. The van der Waals surface area contributed by atoms with Crippen LogP contribution in [0.15, 0.2) is 18.2 Å². The first-order chi connectivity index (χ1) is 8.72. The van der Waals surface area contributed by atoms with Gasteiger partial charge in [0.2, 0.25) is 0 Å². The van der Waals surface area contributed by atoms with E-state index < -0.39 is 0 Å². The fourth-order valence-electron chi connectivity index (χ4n) is 1.94. The molecule has 0 atom stereocenters. The van der Waals surface area contributed by atoms with Gasteiger partial charge in [-0.2, -0.15) is 0 Å². The molecule has 0 bridgehead atoms. The third-order valence-electron chi connectivity index (χ3n) is 3.01. The lowest BCUT2D eigenvalue weighted by Gasteiger charge is -2.07. The monoisotopic (exact) mass is 245 g/mol. The summed E-state index contributed by atoms with van der Waals surface area (Å²) in [4.78, 5) is 0. The van der Waals surface area contributed by atoms with Crippen molar-refractivity contribution in [2.45, 2.75) is 39.7 Å². The SMILES string of the molecule is CCCCCn1nnnc1-c1cc(N)ccc1C. The lowest BCUT2D eigenvalue weighted by atomic mass is 10.1. The first kappa shape index (κ1) is 12.5. The summed E-state index contributed by atoms with van der Waals surface area (Å²) in [6, 6.07) is 5.82. The normalized spacial score (nSPS) is 10.8. The van der Waals surface area contributed by atoms with Gasteiger partial charge in [-0.15, -0.1) is 5.10 Å². The van der Waals surface area contributed by atoms with Gasteiger partial charge in [-0.25, -0.2) is 4.68 Å². The molecule has 18 heavy (non-hydrogen) atoms. The molecule has 0 radical (unpaired) electrons. The summed E-state index contributed by atoms with van der Waals surface area (Å²) in [5.41, 5.74) is 8.71. The molecule has 5 nitrogen and oxygen atoms in total. The van der Waals surface area contributed by atoms with Crippen molar-refractivity contribution >= 4 is 5.69 Å². The molecule has 0 aliphatic carbocycles. The number of hydrogen-bond donors (Lipinski definition) is 1. The van der Waals surface area contributed by atoms with Crippen molar-refractivity contribution in [3.05, 3.63) is 23.8 Å². The zero-order chi connectivity index (χ0) is 13.0. The Bertz CT molecular complexity index is 518. The molecule has 0 aliphatic heterocycles. The quantitative estimate of drug-likeness (QED) is 0.648. The van der Waals surface area contributed by atoms with Gasteiger partial charge in [0.1, 0.15) is 0 Å². The number of unbranched alkanes of at least 4 members (excludes halogenated alkanes) is 2. The highest BCUT2D eigenvalue weighted by Gasteiger charge is 2.11. The van der Waals surface area contributed by atoms with Crippen molar-refractivity contribution in [1.29, 1.82) is 0 Å². The van der Waals surface area contributed by atoms with E-state index in [4.69, 9.17) is 5.73 Å². The minimum Gasteiger partial charge on any atom is -0.399 e. The summed E-state index contributed by atoms with van der Waals surface area (Å²) in [6.45, 7) is 5.08. The summed E-state index contributed by atoms with van der Waals surface area (Å²) >= 11 is 0. The van der Waals surface area contributed by atoms with E-state index in [2.05, 4.69) is 22.4 Å². The number of nitrogens with two attached hydrogens (primary N) is 1. The van der Waals surface area contributed by atoms with Crippen molar-refractivity contribution in [1.82, 2.24) is 20.2 Å². The first-order valence-electron chi connectivity index (χ1n) is 6.35. The van der Waals surface area contributed by atoms with E-state index in [0.29, 0.717) is 0 Å². The Balaban J connectivity index is 2.27. The molecule has 2 aromatic rings. The highest BCUT2D eigenvalue weighted by Crippen LogP contribution is 2.23. The number of nitrogen functional groups attached to an aromatic ring is 1. The summed E-state index contributed by atoms with van der Waals surface area (Å²) in [7, 11) is 0. The standard InChI is InChI=1S/C13H19N5/c1-3-4-5-8-18-13(15-16-17-18)12-9-11(14)7-6-10(12)2/h6-7,9H,3-5,8,14H2,1-2H3. The Morgan fingerprint density at radius 2 is 2.11 bits per heavy atom. The predicted octanol–water partition coefficient (Wildman–Crippen LogP) is 2.42. The Morgan fingerprint density at radius 3 is 2.89 bits per heavy atom. The molecule has 1 aromatic heterocycles. The van der Waals surface area contributed by atoms with Crippen molar-refractivity contribution in [3.8, 4) is 11.4 Å². The molecule has 0 amide bonds. The highest BCUT2D eigenvalue weighted by molar-refractivity contribution is 5.65. The summed E-state index contributed by atoms with van der Waals surface area (Å²) < 4.78 is 1.86. The van der Waals surface area contributed by atoms with Crippen LogP contribution in [0.3, 0.4) is 0 Å². The number of hydrogen-bond acceptors (Lipinski definition) is 4. The van der Waals surface area contributed by atoms with Gasteiger partial charge in [0, 0.05) is 17.8 Å². The van der Waals surface area contributed by atoms with Crippen LogP contribution in [0.2, 0.25) is 0 Å². The number of tetrazole rings is 1. The van der Waals surface area contributed by atoms with Gasteiger partial charge in [0.15, 0.2) is 5.82 Å². The van der Waals surface area contributed by atoms with E-state index in [1.54, 1.807) is 0 Å². The van der Waals surface area contributed by atoms with E-state index in [9.17, 15) is 0 Å². The average Bonchev–Trinajstić information content (AvgIpc) is 2.81. The van der Waals surface area contributed by atoms with E-state index >= 15 is 0 Å². The molecule has 96 valence electrons. The van der Waals surface area contributed by atoms with Crippen LogP contribution in [0.1, 0.15) is 31.7 Å². The van der Waals surface area contributed by atoms with Crippen molar-refractivity contribution in [2.24, 2.45) is 0 Å². The first-order valence-corrected chi connectivity index (χ1v) is 6.35. The number of anilines is 1. The maximum atomic E-state index is 5.83. The number of benzene rings is 1. The number of aromatic nitrogens is 4. The van der Waals surface area contributed by atoms with Gasteiger partial charge >= 0.3 is 0 Å². The van der Waals surface area contributed by atoms with E-state index in [-0.39, 0.29) is 0 Å². The van der Waals surface area contributed by atoms with Crippen LogP contribution in [0.4, 0.5) is 5.69 Å². The molecular weight excluding hydrogens is 226 g/mol. The lowest BCUT2D eigenvalue weighted by Crippen LogP contribution is -2.04. The zero-order valence-electron chi connectivity index (χ0n) is 10.9. The van der Waals surface area contributed by atoms with Crippen LogP contribution in [0.5, 0.6) is 0 Å². The second-order valence-corrected chi connectivity index (χ2v) is 4.51. The van der Waals surface area contributed by atoms with Gasteiger partial charge in [-0.1, -0.05) is 25.8 Å². The topological polar surface area (TPSA) is 69.6 Å². The van der Waals surface area contributed by atoms with Crippen molar-refractivity contribution in [3.63, 3.8) is 0 Å². The van der Waals surface area contributed by atoms with Gasteiger partial charge in [0.05, 0.1) is 0 Å². The third-order valence-corrected chi connectivity index (χ3v) is 3.01. The predicted molar refractivity (Wildman–Crippen MR) is 71.9 cm³/mol. The molecule has 0 saturated heterocycles. The molecule has 2 rings (SSSR count). The van der Waals surface area contributed by atoms with Gasteiger partial charge in [-0.3, -0.25) is 0 Å². The van der Waals surface area contributed by atoms with Crippen LogP contribution in [-0.4, -0.2) is 20.2 Å². The Morgan fingerprint density at radius 1 is 1.28 bits per heavy atom. The molecule has 2 N–H and O–H groups in total. The molecule has 1 aromatic carbocycles. The fraction of sp³-hybridized carbons (Fsp3) is 0.462. The van der Waals surface area contributed by atoms with Crippen LogP contribution in [-0.2, 0) is 6.54 Å². The fourth-order valence-corrected chi connectivity index (χ4v) is 1.94. The smallest absolute Gasteiger partial charge is 0.182 e. The van der Waals surface area contributed by atoms with Crippen molar-refractivity contribution in [2.75, 3.05) is 5.73 Å². The lowest BCUT2D eigenvalue weighted by molar-refractivity contribution is 0.541. The van der Waals surface area contributed by atoms with E-state index in [1.807, 2.05) is 29.8 Å². The number of nitrogens with zero attached hydrogens (tertiary/aromatic N) is 4. The third kappa shape index (κ3) is 2.67. The molecule has 0 spiro atoms. The van der Waals surface area contributed by atoms with Crippen LogP contribution < -0.4 is 5.73 Å².